The Morgan fingerprint density at radius 2 is 0.562 bits per heavy atom. The lowest BCUT2D eigenvalue weighted by atomic mass is 10.0. The number of aliphatic hydroxyl groups excluding tert-OH is 1. The van der Waals surface area contributed by atoms with Gasteiger partial charge >= 0.3 is 39.5 Å². The predicted octanol–water partition coefficient (Wildman–Crippen LogP) is 22.3. The first-order valence-electron chi connectivity index (χ1n) is 39.3. The third-order valence-electron chi connectivity index (χ3n) is 17.3. The van der Waals surface area contributed by atoms with Crippen LogP contribution in [0.3, 0.4) is 0 Å². The van der Waals surface area contributed by atoms with Gasteiger partial charge in [0.2, 0.25) is 0 Å². The van der Waals surface area contributed by atoms with Crippen molar-refractivity contribution >= 4 is 39.5 Å². The molecule has 0 heterocycles. The second-order valence-electron chi connectivity index (χ2n) is 28.0. The first-order chi connectivity index (χ1) is 46.4. The van der Waals surface area contributed by atoms with Crippen LogP contribution >= 0.6 is 15.6 Å². The number of unbranched alkanes of at least 4 members (excludes halogenated alkanes) is 41. The Labute approximate surface area is 586 Å². The molecule has 0 bridgehead atoms. The van der Waals surface area contributed by atoms with Crippen molar-refractivity contribution in [1.82, 2.24) is 0 Å². The van der Waals surface area contributed by atoms with Gasteiger partial charge in [0.1, 0.15) is 19.3 Å². The Balaban J connectivity index is 5.20. The summed E-state index contributed by atoms with van der Waals surface area (Å²) < 4.78 is 68.4. The molecular formula is C77H146O17P2. The van der Waals surface area contributed by atoms with Crippen LogP contribution in [0.25, 0.3) is 0 Å². The molecule has 19 heteroatoms. The molecule has 0 rings (SSSR count). The Hall–Kier alpha value is -2.46. The molecule has 2 unspecified atom stereocenters. The molecule has 0 aliphatic rings. The molecular weight excluding hydrogens is 1260 g/mol. The zero-order valence-electron chi connectivity index (χ0n) is 62.2. The van der Waals surface area contributed by atoms with E-state index < -0.39 is 97.5 Å². The number of hydrogen-bond donors (Lipinski definition) is 3. The Morgan fingerprint density at radius 1 is 0.323 bits per heavy atom. The van der Waals surface area contributed by atoms with E-state index in [1.165, 1.54) is 161 Å². The fourth-order valence-corrected chi connectivity index (χ4v) is 12.9. The minimum atomic E-state index is -4.96. The number of aliphatic hydroxyl groups is 1. The molecule has 0 fully saturated rings. The molecule has 0 aromatic carbocycles. The highest BCUT2D eigenvalue weighted by atomic mass is 31.2. The summed E-state index contributed by atoms with van der Waals surface area (Å²) in [6, 6.07) is 0. The van der Waals surface area contributed by atoms with Crippen LogP contribution in [0.5, 0.6) is 0 Å². The van der Waals surface area contributed by atoms with Gasteiger partial charge in [0.25, 0.3) is 0 Å². The number of carbonyl (C=O) groups excluding carboxylic acids is 4. The predicted molar refractivity (Wildman–Crippen MR) is 391 cm³/mol. The van der Waals surface area contributed by atoms with Crippen molar-refractivity contribution in [3.63, 3.8) is 0 Å². The second kappa shape index (κ2) is 68.3. The van der Waals surface area contributed by atoms with Crippen LogP contribution in [-0.4, -0.2) is 96.7 Å². The van der Waals surface area contributed by atoms with Gasteiger partial charge in [0.05, 0.1) is 26.4 Å². The van der Waals surface area contributed by atoms with Crippen LogP contribution in [-0.2, 0) is 65.4 Å². The van der Waals surface area contributed by atoms with Gasteiger partial charge in [0.15, 0.2) is 12.2 Å². The van der Waals surface area contributed by atoms with Crippen molar-refractivity contribution in [3.05, 3.63) is 24.3 Å². The zero-order chi connectivity index (χ0) is 70.7. The van der Waals surface area contributed by atoms with Crippen LogP contribution in [0.1, 0.15) is 375 Å². The van der Waals surface area contributed by atoms with Gasteiger partial charge < -0.3 is 33.8 Å². The summed E-state index contributed by atoms with van der Waals surface area (Å²) in [5.74, 6) is -0.581. The summed E-state index contributed by atoms with van der Waals surface area (Å²) in [7, 11) is -9.92. The minimum Gasteiger partial charge on any atom is -0.462 e. The summed E-state index contributed by atoms with van der Waals surface area (Å²) in [6.45, 7) is 9.51. The van der Waals surface area contributed by atoms with E-state index in [1.807, 2.05) is 0 Å². The zero-order valence-corrected chi connectivity index (χ0v) is 63.9. The van der Waals surface area contributed by atoms with Crippen molar-refractivity contribution in [1.29, 1.82) is 0 Å². The molecule has 0 saturated carbocycles. The topological polar surface area (TPSA) is 237 Å². The van der Waals surface area contributed by atoms with Gasteiger partial charge in [-0.25, -0.2) is 9.13 Å². The Kier molecular flexibility index (Phi) is 66.6. The maximum absolute atomic E-state index is 13.1. The quantitative estimate of drug-likeness (QED) is 0.0169. The maximum Gasteiger partial charge on any atom is 0.472 e. The summed E-state index contributed by atoms with van der Waals surface area (Å²) >= 11 is 0. The molecule has 0 aromatic rings. The van der Waals surface area contributed by atoms with E-state index in [9.17, 15) is 43.2 Å². The largest absolute Gasteiger partial charge is 0.472 e. The SMILES string of the molecule is CCCCCC/C=C\C=C/CCCCCCCC(=O)OC[C@H](COP(=O)(O)OC[C@@H](O)COP(=O)(O)OC[C@@H](COC(=O)CCCCCCCCC)OC(=O)CCCCCCCCCCCCC(C)C)OC(=O)CCCCCCCCCCCCCCCCCCCCC(C)C. The fourth-order valence-electron chi connectivity index (χ4n) is 11.3. The van der Waals surface area contributed by atoms with Gasteiger partial charge in [-0.3, -0.25) is 37.3 Å². The lowest BCUT2D eigenvalue weighted by molar-refractivity contribution is -0.161. The third-order valence-corrected chi connectivity index (χ3v) is 19.2. The third kappa shape index (κ3) is 70.0. The van der Waals surface area contributed by atoms with Crippen LogP contribution < -0.4 is 0 Å². The highest BCUT2D eigenvalue weighted by molar-refractivity contribution is 7.47. The van der Waals surface area contributed by atoms with Crippen molar-refractivity contribution in [2.45, 2.75) is 394 Å². The van der Waals surface area contributed by atoms with E-state index in [1.54, 1.807) is 0 Å². The molecule has 0 aliphatic carbocycles. The molecule has 0 aliphatic heterocycles. The Bertz CT molecular complexity index is 1950. The summed E-state index contributed by atoms with van der Waals surface area (Å²) in [6.07, 6.45) is 59.3. The molecule has 0 saturated heterocycles. The van der Waals surface area contributed by atoms with Crippen molar-refractivity contribution in [2.75, 3.05) is 39.6 Å². The minimum absolute atomic E-state index is 0.101. The van der Waals surface area contributed by atoms with Gasteiger partial charge in [-0.1, -0.05) is 323 Å². The van der Waals surface area contributed by atoms with E-state index in [4.69, 9.17) is 37.0 Å². The van der Waals surface area contributed by atoms with E-state index in [-0.39, 0.29) is 25.7 Å². The molecule has 3 N–H and O–H groups in total. The number of phosphoric acid groups is 2. The van der Waals surface area contributed by atoms with Crippen molar-refractivity contribution in [3.8, 4) is 0 Å². The van der Waals surface area contributed by atoms with Gasteiger partial charge in [-0.05, 0) is 63.2 Å². The van der Waals surface area contributed by atoms with Crippen molar-refractivity contribution < 1.29 is 80.2 Å². The molecule has 17 nitrogen and oxygen atoms in total. The van der Waals surface area contributed by atoms with E-state index in [0.717, 1.165) is 134 Å². The van der Waals surface area contributed by atoms with Crippen LogP contribution in [0.15, 0.2) is 24.3 Å². The molecule has 566 valence electrons. The van der Waals surface area contributed by atoms with E-state index in [2.05, 4.69) is 65.8 Å². The average Bonchev–Trinajstić information content (AvgIpc) is 1.48. The Morgan fingerprint density at radius 3 is 0.854 bits per heavy atom. The normalized spacial score (nSPS) is 14.2. The van der Waals surface area contributed by atoms with Gasteiger partial charge in [-0.15, -0.1) is 0 Å². The average molecular weight is 1410 g/mol. The summed E-state index contributed by atoms with van der Waals surface area (Å²) in [5, 5.41) is 10.6. The maximum atomic E-state index is 13.1. The van der Waals surface area contributed by atoms with E-state index >= 15 is 0 Å². The fraction of sp³-hybridized carbons (Fsp3) is 0.896. The number of ether oxygens (including phenoxy) is 4. The molecule has 5 atom stereocenters. The molecule has 0 amide bonds. The molecule has 0 radical (unpaired) electrons. The van der Waals surface area contributed by atoms with Crippen LogP contribution in [0, 0.1) is 11.8 Å². The first-order valence-corrected chi connectivity index (χ1v) is 42.3. The van der Waals surface area contributed by atoms with Crippen LogP contribution in [0.2, 0.25) is 0 Å². The summed E-state index contributed by atoms with van der Waals surface area (Å²) in [4.78, 5) is 72.7. The number of hydrogen-bond acceptors (Lipinski definition) is 15. The highest BCUT2D eigenvalue weighted by Gasteiger charge is 2.30. The number of allylic oxidation sites excluding steroid dienone is 4. The standard InChI is InChI=1S/C77H146O17P2/c1-7-9-11-13-15-16-17-18-23-27-30-36-42-48-54-60-75(80)88-66-73(94-76(81)61-55-49-43-37-31-28-25-22-20-19-21-24-26-29-34-40-45-51-57-69(3)4)68-92-96(85,86)90-64-71(78)63-89-95(83,84)91-67-72(65-87-74(79)59-53-47-39-14-12-10-8-2)93-77(82)62-56-50-44-38-33-32-35-41-46-52-58-70(5)6/h16-18,23,69-73,78H,7-15,19-22,24-68H2,1-6H3,(H,83,84)(H,85,86)/b17-16-,23-18-/t71-,72+,73+/m0/s1. The smallest absolute Gasteiger partial charge is 0.462 e. The lowest BCUT2D eigenvalue weighted by Gasteiger charge is -2.21. The number of phosphoric ester groups is 2. The van der Waals surface area contributed by atoms with Crippen LogP contribution in [0.4, 0.5) is 0 Å². The summed E-state index contributed by atoms with van der Waals surface area (Å²) in [5.41, 5.74) is 0. The highest BCUT2D eigenvalue weighted by Crippen LogP contribution is 2.45. The monoisotopic (exact) mass is 1410 g/mol. The second-order valence-corrected chi connectivity index (χ2v) is 30.9. The van der Waals surface area contributed by atoms with Gasteiger partial charge in [0, 0.05) is 25.7 Å². The van der Waals surface area contributed by atoms with E-state index in [0.29, 0.717) is 25.7 Å². The number of carbonyl (C=O) groups is 4. The molecule has 0 aromatic heterocycles. The molecule has 0 spiro atoms. The van der Waals surface area contributed by atoms with Crippen molar-refractivity contribution in [2.24, 2.45) is 11.8 Å². The first kappa shape index (κ1) is 93.5. The lowest BCUT2D eigenvalue weighted by Crippen LogP contribution is -2.30. The van der Waals surface area contributed by atoms with Gasteiger partial charge in [-0.2, -0.15) is 0 Å². The number of rotatable bonds is 74. The number of esters is 4. The molecule has 96 heavy (non-hydrogen) atoms.